The minimum atomic E-state index is 0.565. The molecular weight excluding hydrogens is 302 g/mol. The Morgan fingerprint density at radius 1 is 1.14 bits per heavy atom. The number of halogens is 1. The number of nitrogens with zero attached hydrogens (tertiary/aromatic N) is 1. The molecule has 1 aromatic heterocycles. The predicted octanol–water partition coefficient (Wildman–Crippen LogP) is 4.04. The number of aromatic nitrogens is 2. The molecule has 0 unspecified atom stereocenters. The van der Waals surface area contributed by atoms with Crippen molar-refractivity contribution in [3.05, 3.63) is 40.9 Å². The Morgan fingerprint density at radius 3 is 2.68 bits per heavy atom. The highest BCUT2D eigenvalue weighted by molar-refractivity contribution is 6.31. The van der Waals surface area contributed by atoms with Gasteiger partial charge in [0.2, 0.25) is 5.95 Å². The van der Waals surface area contributed by atoms with Gasteiger partial charge < -0.3 is 19.8 Å². The van der Waals surface area contributed by atoms with E-state index in [9.17, 15) is 0 Å². The molecule has 1 aliphatic rings. The van der Waals surface area contributed by atoms with Gasteiger partial charge >= 0.3 is 0 Å². The lowest BCUT2D eigenvalue weighted by atomic mass is 10.2. The van der Waals surface area contributed by atoms with Crippen LogP contribution in [0.2, 0.25) is 5.02 Å². The quantitative estimate of drug-likeness (QED) is 0.749. The molecule has 0 saturated carbocycles. The number of anilines is 2. The molecule has 0 saturated heterocycles. The van der Waals surface area contributed by atoms with Crippen molar-refractivity contribution >= 4 is 34.3 Å². The molecule has 5 nitrogen and oxygen atoms in total. The lowest BCUT2D eigenvalue weighted by Gasteiger charge is -2.17. The van der Waals surface area contributed by atoms with E-state index >= 15 is 0 Å². The first kappa shape index (κ1) is 13.3. The molecule has 0 bridgehead atoms. The number of aryl methyl sites for hydroxylation is 1. The van der Waals surface area contributed by atoms with Crippen LogP contribution in [0.15, 0.2) is 30.3 Å². The average molecular weight is 316 g/mol. The van der Waals surface area contributed by atoms with E-state index in [0.29, 0.717) is 19.2 Å². The number of H-pyrrole nitrogens is 1. The number of rotatable bonds is 2. The summed E-state index contributed by atoms with van der Waals surface area (Å²) >= 11 is 6.14. The van der Waals surface area contributed by atoms with Crippen LogP contribution in [-0.2, 0) is 0 Å². The second kappa shape index (κ2) is 5.10. The molecule has 2 N–H and O–H groups in total. The normalized spacial score (nSPS) is 13.4. The highest BCUT2D eigenvalue weighted by Gasteiger charge is 2.15. The summed E-state index contributed by atoms with van der Waals surface area (Å²) in [6.07, 6.45) is 0. The van der Waals surface area contributed by atoms with E-state index in [2.05, 4.69) is 15.3 Å². The summed E-state index contributed by atoms with van der Waals surface area (Å²) in [6.45, 7) is 3.10. The Labute approximate surface area is 132 Å². The number of ether oxygens (including phenoxy) is 2. The van der Waals surface area contributed by atoms with Gasteiger partial charge in [-0.1, -0.05) is 17.7 Å². The Bertz CT molecular complexity index is 817. The number of hydrogen-bond donors (Lipinski definition) is 2. The first-order valence-corrected chi connectivity index (χ1v) is 7.39. The van der Waals surface area contributed by atoms with Crippen molar-refractivity contribution in [2.45, 2.75) is 6.92 Å². The Morgan fingerprint density at radius 2 is 1.91 bits per heavy atom. The van der Waals surface area contributed by atoms with Crippen LogP contribution in [0.4, 0.5) is 11.6 Å². The summed E-state index contributed by atoms with van der Waals surface area (Å²) in [5.74, 6) is 2.12. The maximum absolute atomic E-state index is 6.14. The highest BCUT2D eigenvalue weighted by atomic mass is 35.5. The number of nitrogens with one attached hydrogen (secondary N) is 2. The van der Waals surface area contributed by atoms with Gasteiger partial charge in [-0.05, 0) is 24.6 Å². The molecule has 1 aliphatic heterocycles. The molecule has 6 heteroatoms. The van der Waals surface area contributed by atoms with E-state index < -0.39 is 0 Å². The zero-order chi connectivity index (χ0) is 15.1. The predicted molar refractivity (Wildman–Crippen MR) is 86.6 cm³/mol. The van der Waals surface area contributed by atoms with Crippen LogP contribution in [0.1, 0.15) is 5.56 Å². The van der Waals surface area contributed by atoms with Crippen LogP contribution >= 0.6 is 11.6 Å². The third-order valence-corrected chi connectivity index (χ3v) is 3.99. The topological polar surface area (TPSA) is 59.2 Å². The van der Waals surface area contributed by atoms with Crippen molar-refractivity contribution in [2.24, 2.45) is 0 Å². The second-order valence-electron chi connectivity index (χ2n) is 5.19. The molecule has 0 aliphatic carbocycles. The largest absolute Gasteiger partial charge is 0.486 e. The summed E-state index contributed by atoms with van der Waals surface area (Å²) in [6, 6.07) is 9.60. The van der Waals surface area contributed by atoms with E-state index in [4.69, 9.17) is 21.1 Å². The van der Waals surface area contributed by atoms with Crippen molar-refractivity contribution in [1.82, 2.24) is 9.97 Å². The van der Waals surface area contributed by atoms with E-state index in [-0.39, 0.29) is 0 Å². The van der Waals surface area contributed by atoms with E-state index in [1.807, 2.05) is 37.3 Å². The lowest BCUT2D eigenvalue weighted by molar-refractivity contribution is 0.172. The van der Waals surface area contributed by atoms with Gasteiger partial charge in [0, 0.05) is 22.8 Å². The molecule has 112 valence electrons. The van der Waals surface area contributed by atoms with Crippen LogP contribution in [0.5, 0.6) is 11.5 Å². The van der Waals surface area contributed by atoms with Gasteiger partial charge in [-0.15, -0.1) is 0 Å². The van der Waals surface area contributed by atoms with Crippen LogP contribution in [0.3, 0.4) is 0 Å². The minimum Gasteiger partial charge on any atom is -0.486 e. The van der Waals surface area contributed by atoms with E-state index in [1.165, 1.54) is 0 Å². The second-order valence-corrected chi connectivity index (χ2v) is 5.59. The molecule has 0 spiro atoms. The Hall–Kier alpha value is -2.40. The summed E-state index contributed by atoms with van der Waals surface area (Å²) in [7, 11) is 0. The molecule has 0 amide bonds. The van der Waals surface area contributed by atoms with Crippen LogP contribution in [-0.4, -0.2) is 23.2 Å². The smallest absolute Gasteiger partial charge is 0.205 e. The third kappa shape index (κ3) is 2.33. The van der Waals surface area contributed by atoms with Crippen molar-refractivity contribution < 1.29 is 9.47 Å². The standard InChI is InChI=1S/C16H14ClN3O2/c1-9-2-3-10(6-11(9)17)18-16-19-12-7-14-15(8-13(12)20-16)22-5-4-21-14/h2-3,6-8H,4-5H2,1H3,(H2,18,19,20). The molecule has 4 rings (SSSR count). The molecule has 2 aromatic carbocycles. The number of hydrogen-bond acceptors (Lipinski definition) is 4. The summed E-state index contributed by atoms with van der Waals surface area (Å²) in [4.78, 5) is 7.75. The molecule has 2 heterocycles. The van der Waals surface area contributed by atoms with Gasteiger partial charge in [0.25, 0.3) is 0 Å². The maximum atomic E-state index is 6.14. The molecule has 3 aromatic rings. The first-order chi connectivity index (χ1) is 10.7. The number of aromatic amines is 1. The van der Waals surface area contributed by atoms with Crippen LogP contribution in [0.25, 0.3) is 11.0 Å². The first-order valence-electron chi connectivity index (χ1n) is 7.01. The van der Waals surface area contributed by atoms with Crippen molar-refractivity contribution in [3.63, 3.8) is 0 Å². The zero-order valence-electron chi connectivity index (χ0n) is 11.9. The average Bonchev–Trinajstić information content (AvgIpc) is 2.89. The summed E-state index contributed by atoms with van der Waals surface area (Å²) in [5.41, 5.74) is 3.64. The molecule has 0 atom stereocenters. The Kier molecular flexibility index (Phi) is 3.08. The van der Waals surface area contributed by atoms with Gasteiger partial charge in [0.15, 0.2) is 11.5 Å². The third-order valence-electron chi connectivity index (χ3n) is 3.58. The lowest BCUT2D eigenvalue weighted by Crippen LogP contribution is -2.15. The molecule has 22 heavy (non-hydrogen) atoms. The Balaban J connectivity index is 1.68. The monoisotopic (exact) mass is 315 g/mol. The molecule has 0 fully saturated rings. The van der Waals surface area contributed by atoms with Gasteiger partial charge in [0.1, 0.15) is 13.2 Å². The van der Waals surface area contributed by atoms with E-state index in [1.54, 1.807) is 0 Å². The number of benzene rings is 2. The van der Waals surface area contributed by atoms with Crippen LogP contribution < -0.4 is 14.8 Å². The van der Waals surface area contributed by atoms with Gasteiger partial charge in [-0.2, -0.15) is 0 Å². The van der Waals surface area contributed by atoms with Gasteiger partial charge in [-0.25, -0.2) is 4.98 Å². The maximum Gasteiger partial charge on any atom is 0.205 e. The van der Waals surface area contributed by atoms with E-state index in [0.717, 1.165) is 38.8 Å². The molecule has 0 radical (unpaired) electrons. The van der Waals surface area contributed by atoms with Crippen molar-refractivity contribution in [1.29, 1.82) is 0 Å². The minimum absolute atomic E-state index is 0.565. The van der Waals surface area contributed by atoms with Crippen LogP contribution in [0, 0.1) is 6.92 Å². The number of imidazole rings is 1. The SMILES string of the molecule is Cc1ccc(Nc2nc3cc4c(cc3[nH]2)OCCO4)cc1Cl. The fourth-order valence-electron chi connectivity index (χ4n) is 2.41. The zero-order valence-corrected chi connectivity index (χ0v) is 12.7. The fourth-order valence-corrected chi connectivity index (χ4v) is 2.59. The number of fused-ring (bicyclic) bond motifs is 2. The van der Waals surface area contributed by atoms with Gasteiger partial charge in [0.05, 0.1) is 11.0 Å². The van der Waals surface area contributed by atoms with Gasteiger partial charge in [-0.3, -0.25) is 0 Å². The summed E-state index contributed by atoms with van der Waals surface area (Å²) in [5, 5.41) is 3.94. The van der Waals surface area contributed by atoms with Crippen molar-refractivity contribution in [2.75, 3.05) is 18.5 Å². The fraction of sp³-hybridized carbons (Fsp3) is 0.188. The highest BCUT2D eigenvalue weighted by Crippen LogP contribution is 2.34. The summed E-state index contributed by atoms with van der Waals surface area (Å²) < 4.78 is 11.1. The molecular formula is C16H14ClN3O2. The van der Waals surface area contributed by atoms with Crippen molar-refractivity contribution in [3.8, 4) is 11.5 Å².